The van der Waals surface area contributed by atoms with Crippen LogP contribution in [0.15, 0.2) is 17.5 Å². The number of nitrogens with zero attached hydrogens (tertiary/aromatic N) is 1. The van der Waals surface area contributed by atoms with Crippen molar-refractivity contribution in [1.29, 1.82) is 0 Å². The first kappa shape index (κ1) is 15.7. The highest BCUT2D eigenvalue weighted by Crippen LogP contribution is 2.37. The third-order valence-electron chi connectivity index (χ3n) is 4.05. The maximum atomic E-state index is 11.9. The summed E-state index contributed by atoms with van der Waals surface area (Å²) in [5.41, 5.74) is 2.07. The van der Waals surface area contributed by atoms with Gasteiger partial charge in [0, 0.05) is 24.9 Å². The first-order valence-corrected chi connectivity index (χ1v) is 8.60. The van der Waals surface area contributed by atoms with Crippen LogP contribution in [0.2, 0.25) is 0 Å². The van der Waals surface area contributed by atoms with Gasteiger partial charge in [-0.15, -0.1) is 11.3 Å². The quantitative estimate of drug-likeness (QED) is 0.760. The third-order valence-corrected chi connectivity index (χ3v) is 5.10. The van der Waals surface area contributed by atoms with Crippen LogP contribution in [0.4, 0.5) is 5.82 Å². The molecule has 23 heavy (non-hydrogen) atoms. The molecule has 0 unspecified atom stereocenters. The summed E-state index contributed by atoms with van der Waals surface area (Å²) in [7, 11) is 0. The van der Waals surface area contributed by atoms with Crippen LogP contribution in [-0.4, -0.2) is 28.6 Å². The van der Waals surface area contributed by atoms with Crippen LogP contribution in [0.25, 0.3) is 10.6 Å². The van der Waals surface area contributed by atoms with Crippen LogP contribution in [-0.2, 0) is 9.59 Å². The maximum Gasteiger partial charge on any atom is 0.227 e. The Morgan fingerprint density at radius 3 is 2.91 bits per heavy atom. The highest BCUT2D eigenvalue weighted by Gasteiger charge is 2.38. The second-order valence-corrected chi connectivity index (χ2v) is 6.92. The van der Waals surface area contributed by atoms with E-state index in [1.54, 1.807) is 11.3 Å². The maximum absolute atomic E-state index is 11.9. The minimum Gasteiger partial charge on any atom is -0.355 e. The van der Waals surface area contributed by atoms with Crippen LogP contribution >= 0.6 is 11.3 Å². The lowest BCUT2D eigenvalue weighted by molar-refractivity contribution is -0.122. The summed E-state index contributed by atoms with van der Waals surface area (Å²) in [6.45, 7) is 4.45. The lowest BCUT2D eigenvalue weighted by Crippen LogP contribution is -2.29. The number of H-pyrrole nitrogens is 1. The van der Waals surface area contributed by atoms with E-state index < -0.39 is 0 Å². The number of amides is 2. The van der Waals surface area contributed by atoms with Gasteiger partial charge in [-0.2, -0.15) is 5.10 Å². The Morgan fingerprint density at radius 2 is 2.26 bits per heavy atom. The number of thiophene rings is 1. The zero-order valence-electron chi connectivity index (χ0n) is 13.2. The summed E-state index contributed by atoms with van der Waals surface area (Å²) in [4.78, 5) is 24.7. The van der Waals surface area contributed by atoms with Crippen molar-refractivity contribution in [2.24, 2.45) is 11.8 Å². The number of hydrogen-bond acceptors (Lipinski definition) is 4. The van der Waals surface area contributed by atoms with E-state index in [-0.39, 0.29) is 24.2 Å². The zero-order valence-corrected chi connectivity index (χ0v) is 14.0. The van der Waals surface area contributed by atoms with Crippen molar-refractivity contribution < 1.29 is 9.59 Å². The van der Waals surface area contributed by atoms with Gasteiger partial charge in [-0.25, -0.2) is 0 Å². The second kappa shape index (κ2) is 6.54. The summed E-state index contributed by atoms with van der Waals surface area (Å²) in [6.07, 6.45) is 1.20. The van der Waals surface area contributed by atoms with E-state index in [0.29, 0.717) is 18.3 Å². The van der Waals surface area contributed by atoms with Crippen molar-refractivity contribution >= 4 is 29.0 Å². The Bertz CT molecular complexity index is 721. The summed E-state index contributed by atoms with van der Waals surface area (Å²) in [5.74, 6) is 1.02. The monoisotopic (exact) mass is 332 g/mol. The van der Waals surface area contributed by atoms with Gasteiger partial charge in [0.25, 0.3) is 0 Å². The van der Waals surface area contributed by atoms with Crippen LogP contribution < -0.4 is 10.6 Å². The molecule has 1 saturated carbocycles. The highest BCUT2D eigenvalue weighted by molar-refractivity contribution is 7.13. The number of aromatic nitrogens is 2. The topological polar surface area (TPSA) is 86.9 Å². The molecule has 3 rings (SSSR count). The Hall–Kier alpha value is -2.15. The number of hydrogen-bond donors (Lipinski definition) is 3. The normalized spacial score (nSPS) is 19.4. The van der Waals surface area contributed by atoms with E-state index in [4.69, 9.17) is 0 Å². The molecule has 0 radical (unpaired) electrons. The molecule has 6 nitrogen and oxygen atoms in total. The molecule has 1 aliphatic carbocycles. The van der Waals surface area contributed by atoms with Crippen molar-refractivity contribution in [2.45, 2.75) is 26.7 Å². The lowest BCUT2D eigenvalue weighted by atomic mass is 10.2. The number of rotatable bonds is 6. The van der Waals surface area contributed by atoms with E-state index in [1.165, 1.54) is 5.56 Å². The van der Waals surface area contributed by atoms with Crippen LogP contribution in [0, 0.1) is 18.8 Å². The predicted molar refractivity (Wildman–Crippen MR) is 90.2 cm³/mol. The smallest absolute Gasteiger partial charge is 0.227 e. The Kier molecular flexibility index (Phi) is 4.47. The molecule has 0 spiro atoms. The van der Waals surface area contributed by atoms with Gasteiger partial charge < -0.3 is 10.6 Å². The fourth-order valence-corrected chi connectivity index (χ4v) is 3.37. The van der Waals surface area contributed by atoms with Gasteiger partial charge >= 0.3 is 0 Å². The minimum absolute atomic E-state index is 0.0560. The minimum atomic E-state index is -0.157. The summed E-state index contributed by atoms with van der Waals surface area (Å²) >= 11 is 1.63. The standard InChI is InChI=1S/C16H20N4O2S/c1-9-4-6-23-15(9)12-8-13(20-19-12)18-14(21)3-5-17-16(22)11-7-10(11)2/h4,6,8,10-11H,3,5,7H2,1-2H3,(H,17,22)(H2,18,19,20,21)/t10-,11-/m0/s1. The highest BCUT2D eigenvalue weighted by atomic mass is 32.1. The fourth-order valence-electron chi connectivity index (χ4n) is 2.47. The molecule has 2 atom stereocenters. The molecule has 2 aromatic rings. The van der Waals surface area contributed by atoms with Gasteiger partial charge in [0.05, 0.1) is 10.6 Å². The van der Waals surface area contributed by atoms with Crippen molar-refractivity contribution in [3.05, 3.63) is 23.1 Å². The first-order chi connectivity index (χ1) is 11.0. The summed E-state index contributed by atoms with van der Waals surface area (Å²) in [6, 6.07) is 3.86. The average molecular weight is 332 g/mol. The number of carbonyl (C=O) groups is 2. The van der Waals surface area contributed by atoms with Gasteiger partial charge in [-0.05, 0) is 36.3 Å². The molecule has 2 heterocycles. The fraction of sp³-hybridized carbons (Fsp3) is 0.438. The van der Waals surface area contributed by atoms with Gasteiger partial charge in [0.15, 0.2) is 5.82 Å². The summed E-state index contributed by atoms with van der Waals surface area (Å²) < 4.78 is 0. The molecule has 0 aliphatic heterocycles. The predicted octanol–water partition coefficient (Wildman–Crippen LogP) is 2.55. The van der Waals surface area contributed by atoms with Gasteiger partial charge in [0.1, 0.15) is 0 Å². The SMILES string of the molecule is Cc1ccsc1-c1cc(NC(=O)CCNC(=O)[C@H]2C[C@@H]2C)n[nH]1. The lowest BCUT2D eigenvalue weighted by Gasteiger charge is -2.04. The van der Waals surface area contributed by atoms with Crippen molar-refractivity contribution in [2.75, 3.05) is 11.9 Å². The second-order valence-electron chi connectivity index (χ2n) is 6.01. The van der Waals surface area contributed by atoms with Crippen LogP contribution in [0.1, 0.15) is 25.3 Å². The molecule has 0 aromatic carbocycles. The van der Waals surface area contributed by atoms with Gasteiger partial charge in [-0.1, -0.05) is 6.92 Å². The number of carbonyl (C=O) groups excluding carboxylic acids is 2. The molecule has 7 heteroatoms. The first-order valence-electron chi connectivity index (χ1n) is 7.72. The Morgan fingerprint density at radius 1 is 1.48 bits per heavy atom. The van der Waals surface area contributed by atoms with Crippen molar-refractivity contribution in [3.63, 3.8) is 0 Å². The van der Waals surface area contributed by atoms with E-state index in [9.17, 15) is 9.59 Å². The molecule has 0 saturated heterocycles. The third kappa shape index (κ3) is 3.79. The van der Waals surface area contributed by atoms with Crippen molar-refractivity contribution in [3.8, 4) is 10.6 Å². The van der Waals surface area contributed by atoms with E-state index >= 15 is 0 Å². The largest absolute Gasteiger partial charge is 0.355 e. The van der Waals surface area contributed by atoms with Crippen molar-refractivity contribution in [1.82, 2.24) is 15.5 Å². The Balaban J connectivity index is 1.46. The van der Waals surface area contributed by atoms with Gasteiger partial charge in [0.2, 0.25) is 11.8 Å². The number of nitrogens with one attached hydrogen (secondary N) is 3. The molecule has 0 bridgehead atoms. The molecule has 122 valence electrons. The Labute approximate surface area is 138 Å². The number of aromatic amines is 1. The van der Waals surface area contributed by atoms with Crippen LogP contribution in [0.5, 0.6) is 0 Å². The molecule has 3 N–H and O–H groups in total. The molecule has 2 amide bonds. The van der Waals surface area contributed by atoms with Crippen LogP contribution in [0.3, 0.4) is 0 Å². The zero-order chi connectivity index (χ0) is 16.4. The molecule has 1 aliphatic rings. The van der Waals surface area contributed by atoms with E-state index in [1.807, 2.05) is 24.4 Å². The number of anilines is 1. The number of aryl methyl sites for hydroxylation is 1. The molecule has 2 aromatic heterocycles. The average Bonchev–Trinajstić information content (AvgIpc) is 2.88. The summed E-state index contributed by atoms with van der Waals surface area (Å²) in [5, 5.41) is 14.6. The molecule has 1 fully saturated rings. The van der Waals surface area contributed by atoms with Gasteiger partial charge in [-0.3, -0.25) is 14.7 Å². The molecular weight excluding hydrogens is 312 g/mol. The van der Waals surface area contributed by atoms with E-state index in [0.717, 1.165) is 17.0 Å². The molecular formula is C16H20N4O2S. The van der Waals surface area contributed by atoms with E-state index in [2.05, 4.69) is 27.8 Å².